The first kappa shape index (κ1) is 20.8. The summed E-state index contributed by atoms with van der Waals surface area (Å²) >= 11 is 0. The van der Waals surface area contributed by atoms with Crippen LogP contribution in [0.25, 0.3) is 11.2 Å². The standard InChI is InChI=1S/C16H31N5O2Si3/c1-11-14(22-25(5,6)7)18-13-12(17-11)15(23-26(8,9)10)20-16(19-13)21-24(2,3)4/h1-10H3,(H,18,19,20,21). The van der Waals surface area contributed by atoms with Crippen molar-refractivity contribution in [3.05, 3.63) is 5.69 Å². The van der Waals surface area contributed by atoms with Crippen molar-refractivity contribution >= 4 is 42.0 Å². The lowest BCUT2D eigenvalue weighted by Gasteiger charge is -2.23. The van der Waals surface area contributed by atoms with E-state index in [-0.39, 0.29) is 0 Å². The molecule has 1 N–H and O–H groups in total. The molecule has 0 amide bonds. The topological polar surface area (TPSA) is 82.1 Å². The quantitative estimate of drug-likeness (QED) is 0.708. The van der Waals surface area contributed by atoms with Crippen molar-refractivity contribution in [2.45, 2.75) is 65.8 Å². The van der Waals surface area contributed by atoms with Gasteiger partial charge in [0.1, 0.15) is 8.24 Å². The summed E-state index contributed by atoms with van der Waals surface area (Å²) in [5, 5.41) is 0. The van der Waals surface area contributed by atoms with Crippen molar-refractivity contribution < 1.29 is 8.85 Å². The first-order valence-electron chi connectivity index (χ1n) is 8.86. The number of rotatable bonds is 6. The lowest BCUT2D eigenvalue weighted by Crippen LogP contribution is -2.34. The third-order valence-electron chi connectivity index (χ3n) is 2.92. The molecule has 2 aromatic heterocycles. The molecule has 0 atom stereocenters. The van der Waals surface area contributed by atoms with Gasteiger partial charge in [0, 0.05) is 0 Å². The Kier molecular flexibility index (Phi) is 5.51. The smallest absolute Gasteiger partial charge is 0.244 e. The molecule has 0 saturated carbocycles. The van der Waals surface area contributed by atoms with E-state index in [0.29, 0.717) is 28.9 Å². The lowest BCUT2D eigenvalue weighted by molar-refractivity contribution is 0.523. The number of anilines is 1. The van der Waals surface area contributed by atoms with E-state index in [2.05, 4.69) is 83.8 Å². The Bertz CT molecular complexity index is 811. The van der Waals surface area contributed by atoms with Gasteiger partial charge in [-0.05, 0) is 46.2 Å². The van der Waals surface area contributed by atoms with Gasteiger partial charge in [-0.25, -0.2) is 4.98 Å². The number of aryl methyl sites for hydroxylation is 1. The minimum atomic E-state index is -1.86. The van der Waals surface area contributed by atoms with Gasteiger partial charge < -0.3 is 13.8 Å². The molecule has 26 heavy (non-hydrogen) atoms. The highest BCUT2D eigenvalue weighted by atomic mass is 28.4. The van der Waals surface area contributed by atoms with Gasteiger partial charge in [0.25, 0.3) is 0 Å². The largest absolute Gasteiger partial charge is 0.530 e. The second kappa shape index (κ2) is 6.89. The average molecular weight is 410 g/mol. The summed E-state index contributed by atoms with van der Waals surface area (Å²) in [5.41, 5.74) is 1.83. The maximum absolute atomic E-state index is 6.19. The number of nitrogens with one attached hydrogen (secondary N) is 1. The fraction of sp³-hybridized carbons (Fsp3) is 0.625. The van der Waals surface area contributed by atoms with Crippen molar-refractivity contribution in [3.63, 3.8) is 0 Å². The van der Waals surface area contributed by atoms with Gasteiger partial charge in [0.2, 0.25) is 34.3 Å². The highest BCUT2D eigenvalue weighted by Gasteiger charge is 2.25. The van der Waals surface area contributed by atoms with E-state index in [9.17, 15) is 0 Å². The molecule has 0 radical (unpaired) electrons. The normalized spacial score (nSPS) is 13.0. The summed E-state index contributed by atoms with van der Waals surface area (Å²) in [6.07, 6.45) is 0. The Hall–Kier alpha value is -1.53. The molecule has 2 aromatic rings. The van der Waals surface area contributed by atoms with Crippen LogP contribution in [0.1, 0.15) is 5.69 Å². The van der Waals surface area contributed by atoms with Gasteiger partial charge in [0.15, 0.2) is 11.2 Å². The molecule has 0 aliphatic carbocycles. The highest BCUT2D eigenvalue weighted by molar-refractivity contribution is 6.79. The SMILES string of the molecule is Cc1nc2c(O[Si](C)(C)C)nc(N[Si](C)(C)C)nc2nc1O[Si](C)(C)C. The second-order valence-corrected chi connectivity index (χ2v) is 23.1. The van der Waals surface area contributed by atoms with Gasteiger partial charge in [-0.3, -0.25) is 0 Å². The van der Waals surface area contributed by atoms with Crippen molar-refractivity contribution in [1.29, 1.82) is 0 Å². The van der Waals surface area contributed by atoms with Crippen molar-refractivity contribution in [2.24, 2.45) is 0 Å². The number of fused-ring (bicyclic) bond motifs is 1. The van der Waals surface area contributed by atoms with Crippen molar-refractivity contribution in [1.82, 2.24) is 19.9 Å². The van der Waals surface area contributed by atoms with Gasteiger partial charge in [-0.2, -0.15) is 15.0 Å². The van der Waals surface area contributed by atoms with Crippen LogP contribution in [0, 0.1) is 6.92 Å². The van der Waals surface area contributed by atoms with Gasteiger partial charge in [0.05, 0.1) is 5.69 Å². The summed E-state index contributed by atoms with van der Waals surface area (Å²) < 4.78 is 12.3. The molecule has 0 aromatic carbocycles. The summed E-state index contributed by atoms with van der Waals surface area (Å²) in [4.78, 5) is 22.0. The zero-order chi connectivity index (χ0) is 19.9. The van der Waals surface area contributed by atoms with Crippen LogP contribution in [0.15, 0.2) is 0 Å². The molecule has 0 aliphatic rings. The zero-order valence-electron chi connectivity index (χ0n) is 17.6. The van der Waals surface area contributed by atoms with E-state index in [1.807, 2.05) is 6.92 Å². The van der Waals surface area contributed by atoms with E-state index in [1.165, 1.54) is 0 Å². The lowest BCUT2D eigenvalue weighted by atomic mass is 10.4. The van der Waals surface area contributed by atoms with Crippen molar-refractivity contribution in [2.75, 3.05) is 4.98 Å². The third kappa shape index (κ3) is 6.02. The van der Waals surface area contributed by atoms with Crippen LogP contribution in [0.5, 0.6) is 11.8 Å². The molecule has 2 rings (SSSR count). The zero-order valence-corrected chi connectivity index (χ0v) is 20.6. The minimum absolute atomic E-state index is 0.505. The number of nitrogens with zero attached hydrogens (tertiary/aromatic N) is 4. The predicted octanol–water partition coefficient (Wildman–Crippen LogP) is 4.40. The molecular formula is C16H31N5O2Si3. The molecule has 10 heteroatoms. The van der Waals surface area contributed by atoms with Crippen LogP contribution in [0.2, 0.25) is 58.9 Å². The molecule has 0 bridgehead atoms. The predicted molar refractivity (Wildman–Crippen MR) is 115 cm³/mol. The molecule has 0 fully saturated rings. The van der Waals surface area contributed by atoms with E-state index in [1.54, 1.807) is 0 Å². The minimum Gasteiger partial charge on any atom is -0.530 e. The fourth-order valence-corrected chi connectivity index (χ4v) is 4.41. The Morgan fingerprint density at radius 3 is 1.73 bits per heavy atom. The molecule has 0 unspecified atom stereocenters. The highest BCUT2D eigenvalue weighted by Crippen LogP contribution is 2.28. The Labute approximate surface area is 159 Å². The maximum Gasteiger partial charge on any atom is 0.244 e. The van der Waals surface area contributed by atoms with Gasteiger partial charge in [-0.15, -0.1) is 0 Å². The summed E-state index contributed by atoms with van der Waals surface area (Å²) in [6, 6.07) is 0. The molecule has 144 valence electrons. The van der Waals surface area contributed by atoms with Crippen LogP contribution in [-0.4, -0.2) is 44.8 Å². The van der Waals surface area contributed by atoms with E-state index in [4.69, 9.17) is 8.85 Å². The molecular weight excluding hydrogens is 378 g/mol. The monoisotopic (exact) mass is 409 g/mol. The van der Waals surface area contributed by atoms with Gasteiger partial charge >= 0.3 is 0 Å². The van der Waals surface area contributed by atoms with Gasteiger partial charge in [-0.1, -0.05) is 19.6 Å². The van der Waals surface area contributed by atoms with Crippen molar-refractivity contribution in [3.8, 4) is 11.8 Å². The summed E-state index contributed by atoms with van der Waals surface area (Å²) in [5.74, 6) is 1.60. The Morgan fingerprint density at radius 2 is 1.23 bits per heavy atom. The average Bonchev–Trinajstić information content (AvgIpc) is 2.35. The van der Waals surface area contributed by atoms with E-state index in [0.717, 1.165) is 5.69 Å². The maximum atomic E-state index is 6.19. The molecule has 7 nitrogen and oxygen atoms in total. The van der Waals surface area contributed by atoms with Crippen LogP contribution in [0.3, 0.4) is 0 Å². The van der Waals surface area contributed by atoms with Crippen LogP contribution in [0.4, 0.5) is 5.95 Å². The van der Waals surface area contributed by atoms with E-state index >= 15 is 0 Å². The van der Waals surface area contributed by atoms with Crippen LogP contribution >= 0.6 is 0 Å². The summed E-state index contributed by atoms with van der Waals surface area (Å²) in [6.45, 7) is 21.2. The summed E-state index contributed by atoms with van der Waals surface area (Å²) in [7, 11) is -5.29. The molecule has 0 saturated heterocycles. The third-order valence-corrected chi connectivity index (χ3v) is 5.51. The number of hydrogen-bond donors (Lipinski definition) is 1. The molecule has 0 aliphatic heterocycles. The van der Waals surface area contributed by atoms with Crippen LogP contribution < -0.4 is 13.8 Å². The first-order chi connectivity index (χ1) is 11.6. The Balaban J connectivity index is 2.64. The fourth-order valence-electron chi connectivity index (χ4n) is 2.13. The molecule has 0 spiro atoms. The number of aromatic nitrogens is 4. The second-order valence-electron chi connectivity index (χ2n) is 9.44. The van der Waals surface area contributed by atoms with E-state index < -0.39 is 24.9 Å². The number of hydrogen-bond acceptors (Lipinski definition) is 7. The first-order valence-corrected chi connectivity index (χ1v) is 19.2. The van der Waals surface area contributed by atoms with Crippen LogP contribution in [-0.2, 0) is 0 Å². The Morgan fingerprint density at radius 1 is 0.692 bits per heavy atom. The molecule has 2 heterocycles.